The highest BCUT2D eigenvalue weighted by Gasteiger charge is 2.05. The molecule has 2 nitrogen and oxygen atoms in total. The summed E-state index contributed by atoms with van der Waals surface area (Å²) in [7, 11) is 0. The van der Waals surface area contributed by atoms with Crippen LogP contribution in [-0.4, -0.2) is 0 Å². The molecule has 5 heteroatoms. The minimum absolute atomic E-state index is 0.231. The molecule has 18 heavy (non-hydrogen) atoms. The van der Waals surface area contributed by atoms with E-state index in [0.717, 1.165) is 22.2 Å². The lowest BCUT2D eigenvalue weighted by Gasteiger charge is -2.08. The van der Waals surface area contributed by atoms with Crippen molar-refractivity contribution < 1.29 is 13.5 Å². The van der Waals surface area contributed by atoms with Gasteiger partial charge < -0.3 is 10.5 Å². The summed E-state index contributed by atoms with van der Waals surface area (Å²) in [5.41, 5.74) is 6.42. The molecule has 2 N–H and O–H groups in total. The number of ether oxygens (including phenoxy) is 1. The lowest BCUT2D eigenvalue weighted by molar-refractivity contribution is 0.461. The van der Waals surface area contributed by atoms with Crippen LogP contribution in [0.25, 0.3) is 0 Å². The van der Waals surface area contributed by atoms with E-state index in [1.165, 1.54) is 6.07 Å². The molecular weight excluding hydrogens is 304 g/mol. The highest BCUT2D eigenvalue weighted by Crippen LogP contribution is 2.27. The van der Waals surface area contributed by atoms with E-state index in [1.807, 2.05) is 6.07 Å². The summed E-state index contributed by atoms with van der Waals surface area (Å²) in [4.78, 5) is 0. The maximum Gasteiger partial charge on any atom is 0.162 e. The minimum atomic E-state index is -0.943. The molecule has 0 saturated carbocycles. The fraction of sp³-hybridized carbons (Fsp3) is 0.0769. The third-order valence-electron chi connectivity index (χ3n) is 2.29. The quantitative estimate of drug-likeness (QED) is 0.930. The molecule has 2 aromatic rings. The molecule has 0 aromatic heterocycles. The van der Waals surface area contributed by atoms with Gasteiger partial charge in [0.15, 0.2) is 11.6 Å². The maximum atomic E-state index is 13.0. The van der Waals surface area contributed by atoms with Crippen LogP contribution in [0, 0.1) is 11.6 Å². The number of nitrogens with two attached hydrogens (primary N) is 1. The highest BCUT2D eigenvalue weighted by atomic mass is 79.9. The zero-order valence-electron chi connectivity index (χ0n) is 9.29. The second-order valence-electron chi connectivity index (χ2n) is 3.68. The first-order chi connectivity index (χ1) is 8.58. The van der Waals surface area contributed by atoms with Crippen molar-refractivity contribution in [3.63, 3.8) is 0 Å². The standard InChI is InChI=1S/C13H10BrF2NO/c14-9-3-8(7-17)4-11(5-9)18-10-1-2-12(15)13(16)6-10/h1-6H,7,17H2. The first kappa shape index (κ1) is 13.0. The molecule has 0 heterocycles. The first-order valence-corrected chi connectivity index (χ1v) is 6.00. The van der Waals surface area contributed by atoms with Gasteiger partial charge in [-0.2, -0.15) is 0 Å². The van der Waals surface area contributed by atoms with Gasteiger partial charge in [-0.1, -0.05) is 15.9 Å². The predicted molar refractivity (Wildman–Crippen MR) is 68.5 cm³/mol. The smallest absolute Gasteiger partial charge is 0.162 e. The molecule has 0 unspecified atom stereocenters. The molecule has 0 atom stereocenters. The molecular formula is C13H10BrF2NO. The summed E-state index contributed by atoms with van der Waals surface area (Å²) in [6.07, 6.45) is 0. The van der Waals surface area contributed by atoms with Crippen LogP contribution < -0.4 is 10.5 Å². The van der Waals surface area contributed by atoms with Crippen molar-refractivity contribution in [1.82, 2.24) is 0 Å². The molecule has 0 fully saturated rings. The molecule has 0 amide bonds. The molecule has 0 saturated heterocycles. The minimum Gasteiger partial charge on any atom is -0.457 e. The van der Waals surface area contributed by atoms with Crippen molar-refractivity contribution in [1.29, 1.82) is 0 Å². The second kappa shape index (κ2) is 5.46. The van der Waals surface area contributed by atoms with Crippen LogP contribution in [0.15, 0.2) is 40.9 Å². The van der Waals surface area contributed by atoms with Gasteiger partial charge >= 0.3 is 0 Å². The van der Waals surface area contributed by atoms with E-state index < -0.39 is 11.6 Å². The van der Waals surface area contributed by atoms with Crippen molar-refractivity contribution in [3.8, 4) is 11.5 Å². The van der Waals surface area contributed by atoms with Crippen molar-refractivity contribution in [2.75, 3.05) is 0 Å². The predicted octanol–water partition coefficient (Wildman–Crippen LogP) is 3.98. The number of halogens is 3. The van der Waals surface area contributed by atoms with Gasteiger partial charge in [-0.15, -0.1) is 0 Å². The van der Waals surface area contributed by atoms with Gasteiger partial charge in [0.25, 0.3) is 0 Å². The van der Waals surface area contributed by atoms with Crippen molar-refractivity contribution in [2.24, 2.45) is 5.73 Å². The largest absolute Gasteiger partial charge is 0.457 e. The Bertz CT molecular complexity index is 575. The first-order valence-electron chi connectivity index (χ1n) is 5.21. The molecule has 2 aromatic carbocycles. The van der Waals surface area contributed by atoms with Crippen LogP contribution in [-0.2, 0) is 6.54 Å². The highest BCUT2D eigenvalue weighted by molar-refractivity contribution is 9.10. The Morgan fingerprint density at radius 2 is 1.78 bits per heavy atom. The van der Waals surface area contributed by atoms with Gasteiger partial charge in [0.05, 0.1) is 0 Å². The topological polar surface area (TPSA) is 35.2 Å². The summed E-state index contributed by atoms with van der Waals surface area (Å²) in [6, 6.07) is 8.71. The van der Waals surface area contributed by atoms with E-state index in [4.69, 9.17) is 10.5 Å². The SMILES string of the molecule is NCc1cc(Br)cc(Oc2ccc(F)c(F)c2)c1. The Morgan fingerprint density at radius 1 is 1.00 bits per heavy atom. The van der Waals surface area contributed by atoms with Gasteiger partial charge in [-0.05, 0) is 35.9 Å². The monoisotopic (exact) mass is 313 g/mol. The zero-order valence-corrected chi connectivity index (χ0v) is 10.9. The Labute approximate surface area is 112 Å². The number of hydrogen-bond donors (Lipinski definition) is 1. The average Bonchev–Trinajstić information content (AvgIpc) is 2.33. The summed E-state index contributed by atoms with van der Waals surface area (Å²) in [5, 5.41) is 0. The van der Waals surface area contributed by atoms with E-state index >= 15 is 0 Å². The Balaban J connectivity index is 2.27. The normalized spacial score (nSPS) is 10.4. The third-order valence-corrected chi connectivity index (χ3v) is 2.75. The average molecular weight is 314 g/mol. The number of rotatable bonds is 3. The van der Waals surface area contributed by atoms with Gasteiger partial charge in [-0.3, -0.25) is 0 Å². The molecule has 0 aliphatic heterocycles. The van der Waals surface area contributed by atoms with Gasteiger partial charge in [0.1, 0.15) is 11.5 Å². The van der Waals surface area contributed by atoms with E-state index in [2.05, 4.69) is 15.9 Å². The van der Waals surface area contributed by atoms with Crippen molar-refractivity contribution in [3.05, 3.63) is 58.1 Å². The van der Waals surface area contributed by atoms with E-state index in [-0.39, 0.29) is 5.75 Å². The zero-order chi connectivity index (χ0) is 13.1. The Morgan fingerprint density at radius 3 is 2.44 bits per heavy atom. The van der Waals surface area contributed by atoms with Gasteiger partial charge in [0, 0.05) is 17.1 Å². The lowest BCUT2D eigenvalue weighted by atomic mass is 10.2. The van der Waals surface area contributed by atoms with Crippen molar-refractivity contribution in [2.45, 2.75) is 6.54 Å². The molecule has 94 valence electrons. The number of hydrogen-bond acceptors (Lipinski definition) is 2. The molecule has 0 aliphatic rings. The summed E-state index contributed by atoms with van der Waals surface area (Å²) in [6.45, 7) is 0.369. The number of benzene rings is 2. The Hall–Kier alpha value is -1.46. The molecule has 0 bridgehead atoms. The molecule has 0 radical (unpaired) electrons. The van der Waals surface area contributed by atoms with Crippen LogP contribution in [0.5, 0.6) is 11.5 Å². The van der Waals surface area contributed by atoms with Gasteiger partial charge in [-0.25, -0.2) is 8.78 Å². The molecule has 0 aliphatic carbocycles. The molecule has 2 rings (SSSR count). The summed E-state index contributed by atoms with van der Waals surface area (Å²) in [5.74, 6) is -1.11. The fourth-order valence-electron chi connectivity index (χ4n) is 1.47. The Kier molecular flexibility index (Phi) is 3.93. The van der Waals surface area contributed by atoms with E-state index in [1.54, 1.807) is 12.1 Å². The van der Waals surface area contributed by atoms with Crippen molar-refractivity contribution >= 4 is 15.9 Å². The molecule has 0 spiro atoms. The van der Waals surface area contributed by atoms with Gasteiger partial charge in [0.2, 0.25) is 0 Å². The van der Waals surface area contributed by atoms with Crippen LogP contribution in [0.2, 0.25) is 0 Å². The van der Waals surface area contributed by atoms with Crippen LogP contribution >= 0.6 is 15.9 Å². The fourth-order valence-corrected chi connectivity index (χ4v) is 1.99. The van der Waals surface area contributed by atoms with E-state index in [0.29, 0.717) is 12.3 Å². The lowest BCUT2D eigenvalue weighted by Crippen LogP contribution is -1.97. The van der Waals surface area contributed by atoms with E-state index in [9.17, 15) is 8.78 Å². The third kappa shape index (κ3) is 3.05. The summed E-state index contributed by atoms with van der Waals surface area (Å²) < 4.78 is 32.0. The van der Waals surface area contributed by atoms with Crippen LogP contribution in [0.4, 0.5) is 8.78 Å². The summed E-state index contributed by atoms with van der Waals surface area (Å²) >= 11 is 3.32. The second-order valence-corrected chi connectivity index (χ2v) is 4.59. The maximum absolute atomic E-state index is 13.0. The van der Waals surface area contributed by atoms with Crippen LogP contribution in [0.1, 0.15) is 5.56 Å². The van der Waals surface area contributed by atoms with Crippen LogP contribution in [0.3, 0.4) is 0 Å².